The first-order valence-electron chi connectivity index (χ1n) is 19.0. The maximum Gasteiger partial charge on any atom is 0.407 e. The normalized spacial score (nSPS) is 16.7. The third kappa shape index (κ3) is 13.5. The van der Waals surface area contributed by atoms with Gasteiger partial charge in [-0.25, -0.2) is 4.79 Å². The van der Waals surface area contributed by atoms with Crippen LogP contribution in [0.25, 0.3) is 0 Å². The molecule has 5 atom stereocenters. The Hall–Kier alpha value is -3.96. The molecule has 5 unspecified atom stereocenters. The highest BCUT2D eigenvalue weighted by Crippen LogP contribution is 2.24. The van der Waals surface area contributed by atoms with Crippen molar-refractivity contribution in [2.24, 2.45) is 11.8 Å². The van der Waals surface area contributed by atoms with E-state index in [1.165, 1.54) is 0 Å². The molecule has 3 rings (SSSR count). The van der Waals surface area contributed by atoms with Gasteiger partial charge >= 0.3 is 6.09 Å². The van der Waals surface area contributed by atoms with Gasteiger partial charge in [-0.05, 0) is 96.4 Å². The minimum Gasteiger partial charge on any atom is -0.444 e. The van der Waals surface area contributed by atoms with E-state index < -0.39 is 41.7 Å². The first kappa shape index (κ1) is 42.5. The van der Waals surface area contributed by atoms with Crippen LogP contribution in [-0.2, 0) is 27.2 Å². The highest BCUT2D eigenvalue weighted by atomic mass is 16.6. The van der Waals surface area contributed by atoms with Crippen molar-refractivity contribution >= 4 is 23.8 Å². The molecule has 0 spiro atoms. The number of alkyl carbamates (subject to hydrolysis) is 1. The number of benzene rings is 2. The second-order valence-electron chi connectivity index (χ2n) is 15.5. The Morgan fingerprint density at radius 1 is 0.885 bits per heavy atom. The van der Waals surface area contributed by atoms with Crippen molar-refractivity contribution in [3.8, 4) is 0 Å². The molecule has 5 N–H and O–H groups in total. The van der Waals surface area contributed by atoms with Gasteiger partial charge in [0.25, 0.3) is 5.91 Å². The summed E-state index contributed by atoms with van der Waals surface area (Å²) >= 11 is 0. The van der Waals surface area contributed by atoms with E-state index >= 15 is 0 Å². The summed E-state index contributed by atoms with van der Waals surface area (Å²) in [5.74, 6) is -1.75. The summed E-state index contributed by atoms with van der Waals surface area (Å²) in [6.07, 6.45) is 0.887. The quantitative estimate of drug-likeness (QED) is 0.154. The minimum absolute atomic E-state index is 0.0469. The van der Waals surface area contributed by atoms with Gasteiger partial charge in [-0.3, -0.25) is 14.4 Å². The molecule has 0 aliphatic carbocycles. The van der Waals surface area contributed by atoms with Crippen LogP contribution in [0.1, 0.15) is 103 Å². The van der Waals surface area contributed by atoms with E-state index in [1.807, 2.05) is 75.1 Å². The Bertz CT molecular complexity index is 1440. The summed E-state index contributed by atoms with van der Waals surface area (Å²) in [5, 5.41) is 24.2. The molecular weight excluding hydrogens is 658 g/mol. The number of rotatable bonds is 17. The average Bonchev–Trinajstić information content (AvgIpc) is 3.09. The number of aliphatic hydroxyl groups excluding tert-OH is 1. The third-order valence-electron chi connectivity index (χ3n) is 9.59. The number of carbonyl (C=O) groups excluding carboxylic acids is 4. The molecule has 0 aromatic heterocycles. The SMILES string of the molecule is CCNC1CCN(C(=O)C(NC(=O)C(Cc2ccccc2C(=O)NC(C)C)CC(O)C(Cc2ccccc2)NC(=O)OC(C)(C)C)C(C)CC)CC1. The van der Waals surface area contributed by atoms with E-state index in [2.05, 4.69) is 28.2 Å². The van der Waals surface area contributed by atoms with Crippen molar-refractivity contribution in [3.05, 3.63) is 71.3 Å². The fraction of sp³-hybridized carbons (Fsp3) is 0.610. The number of carbonyl (C=O) groups is 4. The lowest BCUT2D eigenvalue weighted by atomic mass is 9.86. The maximum atomic E-state index is 14.5. The van der Waals surface area contributed by atoms with Crippen molar-refractivity contribution in [1.82, 2.24) is 26.2 Å². The second-order valence-corrected chi connectivity index (χ2v) is 15.5. The standard InChI is InChI=1S/C41H63N5O6/c1-9-28(5)36(39(50)46-22-20-32(21-23-46)42-10-2)45-37(48)31(25-30-18-14-15-19-33(30)38(49)43-27(3)4)26-35(47)34(24-29-16-12-11-13-17-29)44-40(51)52-41(6,7)8/h11-19,27-28,31-32,34-36,42,47H,9-10,20-26H2,1-8H3,(H,43,49)(H,44,51)(H,45,48). The zero-order chi connectivity index (χ0) is 38.4. The Morgan fingerprint density at radius 3 is 2.12 bits per heavy atom. The lowest BCUT2D eigenvalue weighted by Crippen LogP contribution is -2.56. The average molecular weight is 722 g/mol. The number of nitrogens with one attached hydrogen (secondary N) is 4. The fourth-order valence-electron chi connectivity index (χ4n) is 6.62. The maximum absolute atomic E-state index is 14.5. The molecule has 1 heterocycles. The van der Waals surface area contributed by atoms with Crippen LogP contribution in [0.5, 0.6) is 0 Å². The molecule has 4 amide bonds. The summed E-state index contributed by atoms with van der Waals surface area (Å²) < 4.78 is 5.54. The number of ether oxygens (including phenoxy) is 1. The molecule has 11 nitrogen and oxygen atoms in total. The van der Waals surface area contributed by atoms with Gasteiger partial charge in [-0.1, -0.05) is 75.7 Å². The highest BCUT2D eigenvalue weighted by Gasteiger charge is 2.36. The smallest absolute Gasteiger partial charge is 0.407 e. The first-order valence-corrected chi connectivity index (χ1v) is 19.0. The van der Waals surface area contributed by atoms with Crippen LogP contribution in [0.3, 0.4) is 0 Å². The van der Waals surface area contributed by atoms with Gasteiger partial charge in [0.05, 0.1) is 12.1 Å². The van der Waals surface area contributed by atoms with Gasteiger partial charge in [-0.15, -0.1) is 0 Å². The van der Waals surface area contributed by atoms with Gasteiger partial charge in [0.1, 0.15) is 11.6 Å². The van der Waals surface area contributed by atoms with Crippen molar-refractivity contribution in [2.75, 3.05) is 19.6 Å². The molecule has 1 aliphatic rings. The Kier molecular flexibility index (Phi) is 16.6. The molecule has 0 saturated carbocycles. The summed E-state index contributed by atoms with van der Waals surface area (Å²) in [6.45, 7) is 17.2. The van der Waals surface area contributed by atoms with Crippen LogP contribution < -0.4 is 21.3 Å². The van der Waals surface area contributed by atoms with Crippen LogP contribution in [-0.4, -0.2) is 89.3 Å². The number of likely N-dealkylation sites (tertiary alicyclic amines) is 1. The number of hydrogen-bond acceptors (Lipinski definition) is 7. The van der Waals surface area contributed by atoms with E-state index in [0.717, 1.165) is 24.9 Å². The van der Waals surface area contributed by atoms with Crippen molar-refractivity contribution in [3.63, 3.8) is 0 Å². The topological polar surface area (TPSA) is 149 Å². The summed E-state index contributed by atoms with van der Waals surface area (Å²) in [6, 6.07) is 15.3. The second kappa shape index (κ2) is 20.3. The van der Waals surface area contributed by atoms with E-state index in [4.69, 9.17) is 4.74 Å². The number of nitrogens with zero attached hydrogens (tertiary/aromatic N) is 1. The van der Waals surface area contributed by atoms with E-state index in [9.17, 15) is 24.3 Å². The molecule has 11 heteroatoms. The predicted octanol–water partition coefficient (Wildman–Crippen LogP) is 5.00. The zero-order valence-corrected chi connectivity index (χ0v) is 32.5. The number of piperidine rings is 1. The van der Waals surface area contributed by atoms with Crippen LogP contribution in [0.15, 0.2) is 54.6 Å². The monoisotopic (exact) mass is 721 g/mol. The Morgan fingerprint density at radius 2 is 1.52 bits per heavy atom. The van der Waals surface area contributed by atoms with Gasteiger partial charge in [-0.2, -0.15) is 0 Å². The van der Waals surface area contributed by atoms with Gasteiger partial charge in [0, 0.05) is 36.7 Å². The van der Waals surface area contributed by atoms with E-state index in [-0.39, 0.29) is 36.6 Å². The molecule has 1 aliphatic heterocycles. The van der Waals surface area contributed by atoms with E-state index in [1.54, 1.807) is 32.9 Å². The van der Waals surface area contributed by atoms with Gasteiger partial charge in [0.15, 0.2) is 0 Å². The predicted molar refractivity (Wildman–Crippen MR) is 205 cm³/mol. The number of amides is 4. The van der Waals surface area contributed by atoms with Gasteiger partial charge in [0.2, 0.25) is 11.8 Å². The summed E-state index contributed by atoms with van der Waals surface area (Å²) in [7, 11) is 0. The highest BCUT2D eigenvalue weighted by molar-refractivity contribution is 5.96. The molecule has 2 aromatic rings. The molecule has 1 saturated heterocycles. The van der Waals surface area contributed by atoms with Crippen molar-refractivity contribution in [2.45, 2.75) is 130 Å². The third-order valence-corrected chi connectivity index (χ3v) is 9.59. The lowest BCUT2D eigenvalue weighted by molar-refractivity contribution is -0.140. The zero-order valence-electron chi connectivity index (χ0n) is 32.5. The summed E-state index contributed by atoms with van der Waals surface area (Å²) in [4.78, 5) is 56.6. The molecule has 1 fully saturated rings. The first-order chi connectivity index (χ1) is 24.6. The van der Waals surface area contributed by atoms with Crippen LogP contribution in [0.2, 0.25) is 0 Å². The molecule has 0 radical (unpaired) electrons. The van der Waals surface area contributed by atoms with Crippen molar-refractivity contribution < 1.29 is 29.0 Å². The number of aliphatic hydroxyl groups is 1. The molecule has 2 aromatic carbocycles. The van der Waals surface area contributed by atoms with E-state index in [0.29, 0.717) is 43.1 Å². The lowest BCUT2D eigenvalue weighted by Gasteiger charge is -2.36. The molecular formula is C41H63N5O6. The Balaban J connectivity index is 1.96. The Labute approximate surface area is 311 Å². The van der Waals surface area contributed by atoms with Crippen LogP contribution in [0.4, 0.5) is 4.79 Å². The van der Waals surface area contributed by atoms with Gasteiger partial charge < -0.3 is 36.0 Å². The number of hydrogen-bond donors (Lipinski definition) is 5. The van der Waals surface area contributed by atoms with Crippen molar-refractivity contribution in [1.29, 1.82) is 0 Å². The van der Waals surface area contributed by atoms with Crippen LogP contribution >= 0.6 is 0 Å². The minimum atomic E-state index is -1.18. The largest absolute Gasteiger partial charge is 0.444 e. The summed E-state index contributed by atoms with van der Waals surface area (Å²) in [5.41, 5.74) is 1.22. The van der Waals surface area contributed by atoms with Crippen LogP contribution in [0, 0.1) is 11.8 Å². The molecule has 288 valence electrons. The molecule has 52 heavy (non-hydrogen) atoms. The molecule has 0 bridgehead atoms. The fourth-order valence-corrected chi connectivity index (χ4v) is 6.62.